The van der Waals surface area contributed by atoms with Gasteiger partial charge in [0.25, 0.3) is 5.91 Å². The highest BCUT2D eigenvalue weighted by Gasteiger charge is 2.12. The summed E-state index contributed by atoms with van der Waals surface area (Å²) in [5, 5.41) is 2.82. The zero-order valence-corrected chi connectivity index (χ0v) is 15.3. The molecule has 0 aliphatic heterocycles. The highest BCUT2D eigenvalue weighted by molar-refractivity contribution is 9.11. The van der Waals surface area contributed by atoms with Crippen LogP contribution in [0.2, 0.25) is 0 Å². The topological polar surface area (TPSA) is 55.1 Å². The summed E-state index contributed by atoms with van der Waals surface area (Å²) in [5.41, 5.74) is 8.62. The Kier molecular flexibility index (Phi) is 4.88. The summed E-state index contributed by atoms with van der Waals surface area (Å²) in [4.78, 5) is 12.3. The molecule has 0 saturated heterocycles. The first-order valence-electron chi connectivity index (χ1n) is 5.70. The first-order valence-corrected chi connectivity index (χ1v) is 8.08. The largest absolute Gasteiger partial charge is 0.397 e. The van der Waals surface area contributed by atoms with E-state index in [4.69, 9.17) is 5.73 Å². The van der Waals surface area contributed by atoms with Crippen LogP contribution in [0, 0.1) is 6.92 Å². The van der Waals surface area contributed by atoms with E-state index in [0.717, 1.165) is 19.0 Å². The number of hydrogen-bond acceptors (Lipinski definition) is 2. The number of nitrogens with two attached hydrogens (primary N) is 1. The number of carbonyl (C=O) groups excluding carboxylic acids is 1. The molecule has 0 aliphatic carbocycles. The zero-order valence-electron chi connectivity index (χ0n) is 10.5. The van der Waals surface area contributed by atoms with Crippen LogP contribution >= 0.6 is 47.8 Å². The van der Waals surface area contributed by atoms with Gasteiger partial charge >= 0.3 is 0 Å². The van der Waals surface area contributed by atoms with E-state index in [1.54, 1.807) is 12.1 Å². The summed E-state index contributed by atoms with van der Waals surface area (Å²) in [6, 6.07) is 9.09. The van der Waals surface area contributed by atoms with Crippen LogP contribution in [-0.2, 0) is 0 Å². The maximum absolute atomic E-state index is 12.3. The zero-order chi connectivity index (χ0) is 14.9. The molecule has 104 valence electrons. The lowest BCUT2D eigenvalue weighted by molar-refractivity contribution is 0.102. The van der Waals surface area contributed by atoms with Gasteiger partial charge < -0.3 is 11.1 Å². The molecule has 2 rings (SSSR count). The van der Waals surface area contributed by atoms with Crippen LogP contribution < -0.4 is 11.1 Å². The molecule has 1 amide bonds. The van der Waals surface area contributed by atoms with Crippen LogP contribution in [0.4, 0.5) is 11.4 Å². The van der Waals surface area contributed by atoms with Crippen molar-refractivity contribution in [2.24, 2.45) is 0 Å². The molecule has 0 aromatic heterocycles. The number of aryl methyl sites for hydroxylation is 1. The third kappa shape index (κ3) is 3.62. The molecular formula is C14H11Br3N2O. The normalized spacial score (nSPS) is 10.4. The standard InChI is InChI=1S/C14H11Br3N2O/c1-7-2-11(17)13(12(18)3-7)19-14(20)8-4-9(15)6-10(16)5-8/h2-6H,18H2,1H3,(H,19,20). The molecular weight excluding hydrogens is 452 g/mol. The van der Waals surface area contributed by atoms with Gasteiger partial charge in [-0.05, 0) is 58.7 Å². The highest BCUT2D eigenvalue weighted by atomic mass is 79.9. The quantitative estimate of drug-likeness (QED) is 0.609. The number of anilines is 2. The molecule has 20 heavy (non-hydrogen) atoms. The lowest BCUT2D eigenvalue weighted by Crippen LogP contribution is -2.14. The van der Waals surface area contributed by atoms with Crippen molar-refractivity contribution in [1.29, 1.82) is 0 Å². The van der Waals surface area contributed by atoms with Gasteiger partial charge in [0, 0.05) is 19.0 Å². The monoisotopic (exact) mass is 460 g/mol. The van der Waals surface area contributed by atoms with Crippen LogP contribution in [0.25, 0.3) is 0 Å². The van der Waals surface area contributed by atoms with E-state index in [1.807, 2.05) is 25.1 Å². The van der Waals surface area contributed by atoms with Gasteiger partial charge in [-0.3, -0.25) is 4.79 Å². The Balaban J connectivity index is 2.32. The van der Waals surface area contributed by atoms with Crippen LogP contribution in [0.3, 0.4) is 0 Å². The maximum Gasteiger partial charge on any atom is 0.255 e. The molecule has 3 nitrogen and oxygen atoms in total. The minimum absolute atomic E-state index is 0.219. The van der Waals surface area contributed by atoms with Crippen molar-refractivity contribution in [2.75, 3.05) is 11.1 Å². The molecule has 3 N–H and O–H groups in total. The van der Waals surface area contributed by atoms with E-state index in [1.165, 1.54) is 0 Å². The van der Waals surface area contributed by atoms with Gasteiger partial charge in [-0.15, -0.1) is 0 Å². The van der Waals surface area contributed by atoms with Gasteiger partial charge in [-0.2, -0.15) is 0 Å². The second-order valence-corrected chi connectivity index (χ2v) is 7.01. The first-order chi connectivity index (χ1) is 9.36. The lowest BCUT2D eigenvalue weighted by Gasteiger charge is -2.12. The molecule has 0 aliphatic rings. The Labute approximate surface area is 142 Å². The number of rotatable bonds is 2. The van der Waals surface area contributed by atoms with Crippen LogP contribution in [-0.4, -0.2) is 5.91 Å². The van der Waals surface area contributed by atoms with Crippen molar-refractivity contribution in [2.45, 2.75) is 6.92 Å². The van der Waals surface area contributed by atoms with Gasteiger partial charge in [0.2, 0.25) is 0 Å². The fraction of sp³-hybridized carbons (Fsp3) is 0.0714. The Hall–Kier alpha value is -0.850. The van der Waals surface area contributed by atoms with Crippen molar-refractivity contribution in [3.05, 3.63) is 54.9 Å². The molecule has 0 bridgehead atoms. The van der Waals surface area contributed by atoms with E-state index in [9.17, 15) is 4.79 Å². The smallest absolute Gasteiger partial charge is 0.255 e. The second-order valence-electron chi connectivity index (χ2n) is 4.32. The van der Waals surface area contributed by atoms with Gasteiger partial charge in [-0.25, -0.2) is 0 Å². The molecule has 0 heterocycles. The maximum atomic E-state index is 12.3. The molecule has 0 atom stereocenters. The molecule has 6 heteroatoms. The van der Waals surface area contributed by atoms with Gasteiger partial charge in [0.15, 0.2) is 0 Å². The molecule has 0 unspecified atom stereocenters. The van der Waals surface area contributed by atoms with Crippen molar-refractivity contribution in [3.8, 4) is 0 Å². The summed E-state index contributed by atoms with van der Waals surface area (Å²) in [7, 11) is 0. The van der Waals surface area contributed by atoms with Crippen molar-refractivity contribution >= 4 is 65.1 Å². The lowest BCUT2D eigenvalue weighted by atomic mass is 10.1. The molecule has 0 radical (unpaired) electrons. The predicted molar refractivity (Wildman–Crippen MR) is 93.1 cm³/mol. The van der Waals surface area contributed by atoms with E-state index >= 15 is 0 Å². The van der Waals surface area contributed by atoms with Gasteiger partial charge in [0.1, 0.15) is 0 Å². The third-order valence-electron chi connectivity index (χ3n) is 2.63. The Morgan fingerprint density at radius 2 is 1.65 bits per heavy atom. The minimum Gasteiger partial charge on any atom is -0.397 e. The summed E-state index contributed by atoms with van der Waals surface area (Å²) in [6.07, 6.45) is 0. The number of hydrogen-bond donors (Lipinski definition) is 2. The van der Waals surface area contributed by atoms with Gasteiger partial charge in [-0.1, -0.05) is 31.9 Å². The van der Waals surface area contributed by atoms with Crippen molar-refractivity contribution in [1.82, 2.24) is 0 Å². The molecule has 0 fully saturated rings. The molecule has 2 aromatic carbocycles. The van der Waals surface area contributed by atoms with E-state index in [-0.39, 0.29) is 5.91 Å². The Bertz CT molecular complexity index is 643. The van der Waals surface area contributed by atoms with Gasteiger partial charge in [0.05, 0.1) is 11.4 Å². The fourth-order valence-corrected chi connectivity index (χ4v) is 3.75. The number of halogens is 3. The summed E-state index contributed by atoms with van der Waals surface area (Å²) < 4.78 is 2.42. The average molecular weight is 463 g/mol. The van der Waals surface area contributed by atoms with Crippen molar-refractivity contribution in [3.63, 3.8) is 0 Å². The summed E-state index contributed by atoms with van der Waals surface area (Å²) in [5.74, 6) is -0.219. The van der Waals surface area contributed by atoms with Crippen molar-refractivity contribution < 1.29 is 4.79 Å². The van der Waals surface area contributed by atoms with E-state index in [0.29, 0.717) is 16.9 Å². The predicted octanol–water partition coefficient (Wildman–Crippen LogP) is 5.12. The fourth-order valence-electron chi connectivity index (χ4n) is 1.77. The first kappa shape index (κ1) is 15.5. The van der Waals surface area contributed by atoms with Crippen LogP contribution in [0.1, 0.15) is 15.9 Å². The SMILES string of the molecule is Cc1cc(N)c(NC(=O)c2cc(Br)cc(Br)c2)c(Br)c1. The highest BCUT2D eigenvalue weighted by Crippen LogP contribution is 2.31. The number of carbonyl (C=O) groups is 1. The minimum atomic E-state index is -0.219. The average Bonchev–Trinajstić information content (AvgIpc) is 2.32. The number of benzene rings is 2. The number of amides is 1. The summed E-state index contributed by atoms with van der Waals surface area (Å²) in [6.45, 7) is 1.94. The summed E-state index contributed by atoms with van der Waals surface area (Å²) >= 11 is 10.1. The Morgan fingerprint density at radius 3 is 2.20 bits per heavy atom. The number of nitrogen functional groups attached to an aromatic ring is 1. The van der Waals surface area contributed by atoms with E-state index in [2.05, 4.69) is 53.1 Å². The van der Waals surface area contributed by atoms with E-state index < -0.39 is 0 Å². The molecule has 0 saturated carbocycles. The third-order valence-corrected chi connectivity index (χ3v) is 4.17. The Morgan fingerprint density at radius 1 is 1.05 bits per heavy atom. The molecule has 2 aromatic rings. The number of nitrogens with one attached hydrogen (secondary N) is 1. The van der Waals surface area contributed by atoms with Crippen LogP contribution in [0.5, 0.6) is 0 Å². The second kappa shape index (κ2) is 6.28. The van der Waals surface area contributed by atoms with Crippen LogP contribution in [0.15, 0.2) is 43.7 Å². The molecule has 0 spiro atoms.